The van der Waals surface area contributed by atoms with Gasteiger partial charge in [0, 0.05) is 34.4 Å². The third kappa shape index (κ3) is 6.01. The van der Waals surface area contributed by atoms with E-state index in [2.05, 4.69) is 0 Å². The molecule has 0 aromatic heterocycles. The van der Waals surface area contributed by atoms with Crippen molar-refractivity contribution in [1.82, 2.24) is 0 Å². The molecule has 1 aliphatic heterocycles. The Hall–Kier alpha value is -3.27. The molecule has 0 aliphatic carbocycles. The van der Waals surface area contributed by atoms with Gasteiger partial charge in [0.05, 0.1) is 16.4 Å². The molecule has 0 fully saturated rings. The fraction of sp³-hybridized carbons (Fsp3) is 0.296. The smallest absolute Gasteiger partial charge is 0.296 e. The lowest BCUT2D eigenvalue weighted by atomic mass is 10.0. The number of aryl methyl sites for hydroxylation is 3. The molecule has 3 aromatic rings. The van der Waals surface area contributed by atoms with Gasteiger partial charge in [0.15, 0.2) is 0 Å². The molecule has 8 nitrogen and oxygen atoms in total. The Kier molecular flexibility index (Phi) is 7.96. The number of carbonyl (C=O) groups is 1. The maximum atomic E-state index is 13.9. The summed E-state index contributed by atoms with van der Waals surface area (Å²) in [6.45, 7) is 3.42. The molecule has 10 heteroatoms. The minimum absolute atomic E-state index is 0.0772. The van der Waals surface area contributed by atoms with Crippen molar-refractivity contribution in [1.29, 1.82) is 0 Å². The largest absolute Gasteiger partial charge is 0.305 e. The van der Waals surface area contributed by atoms with E-state index in [4.69, 9.17) is 15.8 Å². The van der Waals surface area contributed by atoms with Crippen LogP contribution < -0.4 is 4.90 Å². The van der Waals surface area contributed by atoms with Gasteiger partial charge in [-0.3, -0.25) is 19.1 Å². The van der Waals surface area contributed by atoms with Crippen molar-refractivity contribution in [3.63, 3.8) is 0 Å². The summed E-state index contributed by atoms with van der Waals surface area (Å²) in [4.78, 5) is 26.3. The van der Waals surface area contributed by atoms with Crippen LogP contribution in [0.15, 0.2) is 65.6 Å². The maximum absolute atomic E-state index is 13.9. The normalized spacial score (nSPS) is 15.6. The minimum Gasteiger partial charge on any atom is -0.305 e. The van der Waals surface area contributed by atoms with Gasteiger partial charge in [-0.15, -0.1) is 0 Å². The fourth-order valence-electron chi connectivity index (χ4n) is 4.59. The summed E-state index contributed by atoms with van der Waals surface area (Å²) in [6, 6.07) is 15.6. The van der Waals surface area contributed by atoms with Crippen LogP contribution in [0.1, 0.15) is 46.3 Å². The zero-order valence-corrected chi connectivity index (χ0v) is 22.1. The number of fused-ring (bicyclic) bond motifs is 1. The van der Waals surface area contributed by atoms with Crippen LogP contribution >= 0.6 is 11.6 Å². The Balaban J connectivity index is 1.63. The van der Waals surface area contributed by atoms with Crippen LogP contribution in [0, 0.1) is 24.0 Å². The molecule has 0 saturated heterocycles. The van der Waals surface area contributed by atoms with Crippen molar-refractivity contribution < 1.29 is 22.3 Å². The summed E-state index contributed by atoms with van der Waals surface area (Å²) in [5.41, 5.74) is 3.27. The number of hydrogen-bond acceptors (Lipinski definition) is 6. The van der Waals surface area contributed by atoms with Crippen molar-refractivity contribution >= 4 is 39.0 Å². The number of nitro groups is 1. The number of benzene rings is 3. The van der Waals surface area contributed by atoms with Gasteiger partial charge in [-0.1, -0.05) is 29.3 Å². The van der Waals surface area contributed by atoms with Gasteiger partial charge >= 0.3 is 0 Å². The van der Waals surface area contributed by atoms with Crippen molar-refractivity contribution in [3.05, 3.63) is 98.1 Å². The van der Waals surface area contributed by atoms with Gasteiger partial charge in [0.25, 0.3) is 21.7 Å². The Morgan fingerprint density at radius 3 is 2.51 bits per heavy atom. The molecule has 0 spiro atoms. The highest BCUT2D eigenvalue weighted by atomic mass is 35.5. The standard InChI is InChI=1S/C27H27ClN2O6S/c1-18-6-10-24(11-7-18)37(34,35)36-15-14-22-5-3-4-20-17-21(28)8-13-26(20)29(22)27(31)25-12-9-23(30(32)33)16-19(25)2/h6-13,16-17,22H,3-5,14-15H2,1-2H3. The monoisotopic (exact) mass is 542 g/mol. The van der Waals surface area contributed by atoms with Crippen LogP contribution in [-0.2, 0) is 20.7 Å². The number of carbonyl (C=O) groups excluding carboxylic acids is 1. The van der Waals surface area contributed by atoms with Crippen LogP contribution in [0.25, 0.3) is 0 Å². The number of nitrogens with zero attached hydrogens (tertiary/aromatic N) is 2. The third-order valence-corrected chi connectivity index (χ3v) is 8.08. The Morgan fingerprint density at radius 1 is 1.11 bits per heavy atom. The van der Waals surface area contributed by atoms with Crippen LogP contribution in [-0.4, -0.2) is 31.9 Å². The molecule has 0 radical (unpaired) electrons. The number of nitro benzene ring substituents is 1. The van der Waals surface area contributed by atoms with Crippen LogP contribution in [0.5, 0.6) is 0 Å². The molecule has 37 heavy (non-hydrogen) atoms. The van der Waals surface area contributed by atoms with E-state index in [0.29, 0.717) is 34.7 Å². The molecule has 1 unspecified atom stereocenters. The number of anilines is 1. The van der Waals surface area contributed by atoms with Gasteiger partial charge in [-0.25, -0.2) is 0 Å². The summed E-state index contributed by atoms with van der Waals surface area (Å²) in [7, 11) is -3.95. The molecule has 4 rings (SSSR count). The van der Waals surface area contributed by atoms with Crippen LogP contribution in [0.2, 0.25) is 5.02 Å². The first-order chi connectivity index (χ1) is 17.6. The lowest BCUT2D eigenvalue weighted by Gasteiger charge is -2.32. The van der Waals surface area contributed by atoms with Crippen LogP contribution in [0.4, 0.5) is 11.4 Å². The maximum Gasteiger partial charge on any atom is 0.296 e. The van der Waals surface area contributed by atoms with E-state index in [1.54, 1.807) is 36.1 Å². The summed E-state index contributed by atoms with van der Waals surface area (Å²) < 4.78 is 30.7. The summed E-state index contributed by atoms with van der Waals surface area (Å²) in [6.07, 6.45) is 2.38. The van der Waals surface area contributed by atoms with Crippen molar-refractivity contribution in [3.8, 4) is 0 Å². The van der Waals surface area contributed by atoms with Crippen molar-refractivity contribution in [2.24, 2.45) is 0 Å². The van der Waals surface area contributed by atoms with Gasteiger partial charge < -0.3 is 4.90 Å². The minimum atomic E-state index is -3.95. The second kappa shape index (κ2) is 11.0. The Labute approximate surface area is 221 Å². The first-order valence-electron chi connectivity index (χ1n) is 11.9. The number of non-ortho nitro benzene ring substituents is 1. The van der Waals surface area contributed by atoms with E-state index < -0.39 is 15.0 Å². The SMILES string of the molecule is Cc1ccc(S(=O)(=O)OCCC2CCCc3cc(Cl)ccc3N2C(=O)c2ccc([N+](=O)[O-])cc2C)cc1. The van der Waals surface area contributed by atoms with Crippen molar-refractivity contribution in [2.75, 3.05) is 11.5 Å². The molecule has 1 aliphatic rings. The second-order valence-corrected chi connectivity index (χ2v) is 11.2. The van der Waals surface area contributed by atoms with E-state index in [1.165, 1.54) is 30.3 Å². The molecule has 194 valence electrons. The van der Waals surface area contributed by atoms with Gasteiger partial charge in [-0.05, 0) is 87.1 Å². The van der Waals surface area contributed by atoms with Gasteiger partial charge in [0.2, 0.25) is 0 Å². The molecular formula is C27H27ClN2O6S. The zero-order chi connectivity index (χ0) is 26.7. The number of halogens is 1. The second-order valence-electron chi connectivity index (χ2n) is 9.13. The predicted molar refractivity (Wildman–Crippen MR) is 142 cm³/mol. The lowest BCUT2D eigenvalue weighted by molar-refractivity contribution is -0.384. The molecular weight excluding hydrogens is 516 g/mol. The van der Waals surface area contributed by atoms with E-state index in [-0.39, 0.29) is 35.6 Å². The molecule has 3 aromatic carbocycles. The number of rotatable bonds is 7. The Morgan fingerprint density at radius 2 is 1.84 bits per heavy atom. The van der Waals surface area contributed by atoms with Gasteiger partial charge in [-0.2, -0.15) is 8.42 Å². The van der Waals surface area contributed by atoms with Crippen LogP contribution in [0.3, 0.4) is 0 Å². The topological polar surface area (TPSA) is 107 Å². The summed E-state index contributed by atoms with van der Waals surface area (Å²) in [5, 5.41) is 11.7. The number of amides is 1. The van der Waals surface area contributed by atoms with E-state index in [9.17, 15) is 23.3 Å². The molecule has 0 saturated carbocycles. The zero-order valence-electron chi connectivity index (χ0n) is 20.5. The first kappa shape index (κ1) is 26.8. The lowest BCUT2D eigenvalue weighted by Crippen LogP contribution is -2.41. The Bertz CT molecular complexity index is 1440. The molecule has 1 amide bonds. The van der Waals surface area contributed by atoms with Crippen molar-refractivity contribution in [2.45, 2.75) is 50.5 Å². The first-order valence-corrected chi connectivity index (χ1v) is 13.7. The molecule has 0 N–H and O–H groups in total. The highest BCUT2D eigenvalue weighted by Gasteiger charge is 2.32. The average molecular weight is 543 g/mol. The quantitative estimate of drug-likeness (QED) is 0.205. The van der Waals surface area contributed by atoms with E-state index in [0.717, 1.165) is 17.5 Å². The summed E-state index contributed by atoms with van der Waals surface area (Å²) >= 11 is 6.23. The number of hydrogen-bond donors (Lipinski definition) is 0. The third-order valence-electron chi connectivity index (χ3n) is 6.52. The van der Waals surface area contributed by atoms with Gasteiger partial charge in [0.1, 0.15) is 0 Å². The predicted octanol–water partition coefficient (Wildman–Crippen LogP) is 6.01. The molecule has 0 bridgehead atoms. The van der Waals surface area contributed by atoms with E-state index >= 15 is 0 Å². The fourth-order valence-corrected chi connectivity index (χ4v) is 5.71. The average Bonchev–Trinajstić information content (AvgIpc) is 3.02. The highest BCUT2D eigenvalue weighted by Crippen LogP contribution is 2.35. The van der Waals surface area contributed by atoms with E-state index in [1.807, 2.05) is 13.0 Å². The molecule has 1 heterocycles. The molecule has 1 atom stereocenters. The highest BCUT2D eigenvalue weighted by molar-refractivity contribution is 7.86. The summed E-state index contributed by atoms with van der Waals surface area (Å²) in [5.74, 6) is -0.315.